The lowest BCUT2D eigenvalue weighted by atomic mass is 10.1. The first-order valence-corrected chi connectivity index (χ1v) is 6.02. The topological polar surface area (TPSA) is 26.0 Å². The molecule has 1 aliphatic rings. The lowest BCUT2D eigenvalue weighted by Gasteiger charge is -2.02. The van der Waals surface area contributed by atoms with Crippen molar-refractivity contribution in [3.63, 3.8) is 0 Å². The van der Waals surface area contributed by atoms with Gasteiger partial charge in [0.2, 0.25) is 0 Å². The fraction of sp³-hybridized carbons (Fsp3) is 0.250. The lowest BCUT2D eigenvalue weighted by Crippen LogP contribution is -1.84. The van der Waals surface area contributed by atoms with E-state index in [2.05, 4.69) is 5.16 Å². The molecular formula is C12H8Cl2FNO. The van der Waals surface area contributed by atoms with Crippen molar-refractivity contribution in [2.24, 2.45) is 0 Å². The predicted octanol–water partition coefficient (Wildman–Crippen LogP) is 4.66. The van der Waals surface area contributed by atoms with E-state index >= 15 is 0 Å². The Morgan fingerprint density at radius 1 is 1.18 bits per heavy atom. The summed E-state index contributed by atoms with van der Waals surface area (Å²) in [5.74, 6) is 0.848. The summed E-state index contributed by atoms with van der Waals surface area (Å²) in [7, 11) is 0. The molecule has 1 fully saturated rings. The zero-order valence-corrected chi connectivity index (χ0v) is 10.2. The molecule has 0 radical (unpaired) electrons. The molecule has 0 N–H and O–H groups in total. The van der Waals surface area contributed by atoms with Crippen LogP contribution in [0.5, 0.6) is 0 Å². The first-order valence-electron chi connectivity index (χ1n) is 5.26. The Morgan fingerprint density at radius 2 is 1.82 bits per heavy atom. The minimum atomic E-state index is -0.463. The predicted molar refractivity (Wildman–Crippen MR) is 63.9 cm³/mol. The monoisotopic (exact) mass is 271 g/mol. The first kappa shape index (κ1) is 11.1. The van der Waals surface area contributed by atoms with Gasteiger partial charge in [-0.15, -0.1) is 0 Å². The SMILES string of the molecule is Fc1cc(Cl)c(-c2cc(C3CC3)on2)c(Cl)c1. The molecule has 88 valence electrons. The van der Waals surface area contributed by atoms with Gasteiger partial charge in [0.05, 0.1) is 10.0 Å². The van der Waals surface area contributed by atoms with Crippen LogP contribution < -0.4 is 0 Å². The van der Waals surface area contributed by atoms with E-state index in [1.807, 2.05) is 6.07 Å². The summed E-state index contributed by atoms with van der Waals surface area (Å²) >= 11 is 11.9. The third kappa shape index (κ3) is 2.05. The average Bonchev–Trinajstić information content (AvgIpc) is 2.98. The summed E-state index contributed by atoms with van der Waals surface area (Å²) in [6.07, 6.45) is 2.25. The van der Waals surface area contributed by atoms with E-state index in [9.17, 15) is 4.39 Å². The number of nitrogens with zero attached hydrogens (tertiary/aromatic N) is 1. The van der Waals surface area contributed by atoms with Gasteiger partial charge < -0.3 is 4.52 Å². The van der Waals surface area contributed by atoms with Crippen LogP contribution >= 0.6 is 23.2 Å². The van der Waals surface area contributed by atoms with Gasteiger partial charge >= 0.3 is 0 Å². The van der Waals surface area contributed by atoms with E-state index in [1.165, 1.54) is 12.1 Å². The Labute approximate surface area is 107 Å². The van der Waals surface area contributed by atoms with Crippen LogP contribution in [0.4, 0.5) is 4.39 Å². The van der Waals surface area contributed by atoms with Gasteiger partial charge in [0.15, 0.2) is 0 Å². The number of hydrogen-bond acceptors (Lipinski definition) is 2. The molecule has 1 saturated carbocycles. The maximum atomic E-state index is 13.1. The smallest absolute Gasteiger partial charge is 0.140 e. The molecule has 2 nitrogen and oxygen atoms in total. The molecule has 0 amide bonds. The average molecular weight is 272 g/mol. The quantitative estimate of drug-likeness (QED) is 0.794. The molecule has 2 aromatic rings. The van der Waals surface area contributed by atoms with Crippen LogP contribution in [0, 0.1) is 5.82 Å². The second-order valence-electron chi connectivity index (χ2n) is 4.13. The number of halogens is 3. The molecule has 0 spiro atoms. The molecule has 0 unspecified atom stereocenters. The van der Waals surface area contributed by atoms with E-state index in [0.29, 0.717) is 17.2 Å². The summed E-state index contributed by atoms with van der Waals surface area (Å²) in [5, 5.41) is 4.42. The third-order valence-corrected chi connectivity index (χ3v) is 3.37. The minimum absolute atomic E-state index is 0.241. The van der Waals surface area contributed by atoms with E-state index in [0.717, 1.165) is 18.6 Å². The molecule has 1 aliphatic carbocycles. The van der Waals surface area contributed by atoms with Gasteiger partial charge in [0, 0.05) is 17.5 Å². The Bertz CT molecular complexity index is 555. The maximum Gasteiger partial charge on any atom is 0.140 e. The molecule has 1 heterocycles. The van der Waals surface area contributed by atoms with Crippen LogP contribution in [0.15, 0.2) is 22.7 Å². The Balaban J connectivity index is 2.07. The Kier molecular flexibility index (Phi) is 2.60. The molecule has 0 bridgehead atoms. The van der Waals surface area contributed by atoms with Crippen molar-refractivity contribution >= 4 is 23.2 Å². The molecule has 3 rings (SSSR count). The van der Waals surface area contributed by atoms with Crippen LogP contribution in [-0.2, 0) is 0 Å². The second kappa shape index (κ2) is 4.00. The summed E-state index contributed by atoms with van der Waals surface area (Å²) < 4.78 is 18.3. The van der Waals surface area contributed by atoms with Crippen molar-refractivity contribution in [1.29, 1.82) is 0 Å². The fourth-order valence-corrected chi connectivity index (χ4v) is 2.41. The highest BCUT2D eigenvalue weighted by atomic mass is 35.5. The van der Waals surface area contributed by atoms with Crippen LogP contribution in [0.25, 0.3) is 11.3 Å². The van der Waals surface area contributed by atoms with E-state index in [-0.39, 0.29) is 10.0 Å². The van der Waals surface area contributed by atoms with Crippen LogP contribution in [-0.4, -0.2) is 5.16 Å². The van der Waals surface area contributed by atoms with Gasteiger partial charge in [-0.25, -0.2) is 4.39 Å². The van der Waals surface area contributed by atoms with Crippen LogP contribution in [0.2, 0.25) is 10.0 Å². The van der Waals surface area contributed by atoms with Gasteiger partial charge in [-0.2, -0.15) is 0 Å². The molecule has 1 aromatic carbocycles. The van der Waals surface area contributed by atoms with Crippen molar-refractivity contribution in [3.8, 4) is 11.3 Å². The minimum Gasteiger partial charge on any atom is -0.360 e. The molecule has 17 heavy (non-hydrogen) atoms. The summed E-state index contributed by atoms with van der Waals surface area (Å²) in [4.78, 5) is 0. The molecule has 0 atom stereocenters. The maximum absolute atomic E-state index is 13.1. The Hall–Kier alpha value is -1.06. The van der Waals surface area contributed by atoms with Crippen LogP contribution in [0.3, 0.4) is 0 Å². The van der Waals surface area contributed by atoms with Crippen molar-refractivity contribution in [2.45, 2.75) is 18.8 Å². The van der Waals surface area contributed by atoms with Gasteiger partial charge in [0.25, 0.3) is 0 Å². The van der Waals surface area contributed by atoms with Gasteiger partial charge in [0.1, 0.15) is 17.3 Å². The molecule has 0 aliphatic heterocycles. The highest BCUT2D eigenvalue weighted by Crippen LogP contribution is 2.42. The van der Waals surface area contributed by atoms with E-state index < -0.39 is 5.82 Å². The number of aromatic nitrogens is 1. The standard InChI is InChI=1S/C12H8Cl2FNO/c13-8-3-7(15)4-9(14)12(8)10-5-11(17-16-10)6-1-2-6/h3-6H,1-2H2. The number of rotatable bonds is 2. The largest absolute Gasteiger partial charge is 0.360 e. The zero-order valence-electron chi connectivity index (χ0n) is 8.71. The number of hydrogen-bond donors (Lipinski definition) is 0. The molecular weight excluding hydrogens is 264 g/mol. The van der Waals surface area contributed by atoms with Crippen molar-refractivity contribution < 1.29 is 8.91 Å². The van der Waals surface area contributed by atoms with E-state index in [1.54, 1.807) is 0 Å². The normalized spacial score (nSPS) is 15.2. The lowest BCUT2D eigenvalue weighted by molar-refractivity contribution is 0.386. The second-order valence-corrected chi connectivity index (χ2v) is 4.95. The first-order chi connectivity index (χ1) is 8.15. The molecule has 0 saturated heterocycles. The van der Waals surface area contributed by atoms with Gasteiger partial charge in [-0.05, 0) is 25.0 Å². The third-order valence-electron chi connectivity index (χ3n) is 2.77. The van der Waals surface area contributed by atoms with Crippen molar-refractivity contribution in [2.75, 3.05) is 0 Å². The van der Waals surface area contributed by atoms with Gasteiger partial charge in [-0.3, -0.25) is 0 Å². The molecule has 1 aromatic heterocycles. The van der Waals surface area contributed by atoms with Crippen molar-refractivity contribution in [1.82, 2.24) is 5.16 Å². The number of benzene rings is 1. The summed E-state index contributed by atoms with van der Waals surface area (Å²) in [6, 6.07) is 4.26. The van der Waals surface area contributed by atoms with E-state index in [4.69, 9.17) is 27.7 Å². The highest BCUT2D eigenvalue weighted by molar-refractivity contribution is 6.39. The Morgan fingerprint density at radius 3 is 2.41 bits per heavy atom. The van der Waals surface area contributed by atoms with Gasteiger partial charge in [-0.1, -0.05) is 28.4 Å². The zero-order chi connectivity index (χ0) is 12.0. The van der Waals surface area contributed by atoms with Crippen molar-refractivity contribution in [3.05, 3.63) is 39.8 Å². The summed E-state index contributed by atoms with van der Waals surface area (Å²) in [5.41, 5.74) is 1.08. The van der Waals surface area contributed by atoms with Crippen LogP contribution in [0.1, 0.15) is 24.5 Å². The highest BCUT2D eigenvalue weighted by Gasteiger charge is 2.28. The fourth-order valence-electron chi connectivity index (χ4n) is 1.75. The summed E-state index contributed by atoms with van der Waals surface area (Å²) in [6.45, 7) is 0. The molecule has 5 heteroatoms.